The summed E-state index contributed by atoms with van der Waals surface area (Å²) in [5.74, 6) is -0.396. The molecule has 5 heteroatoms. The number of nitrogens with two attached hydrogens (primary N) is 1. The van der Waals surface area contributed by atoms with Crippen LogP contribution < -0.4 is 11.1 Å². The quantitative estimate of drug-likeness (QED) is 0.524. The maximum absolute atomic E-state index is 11.1. The van der Waals surface area contributed by atoms with E-state index in [2.05, 4.69) is 5.32 Å². The third-order valence-corrected chi connectivity index (χ3v) is 1.41. The van der Waals surface area contributed by atoms with E-state index in [1.54, 1.807) is 12.1 Å². The van der Waals surface area contributed by atoms with Crippen LogP contribution in [0.4, 0.5) is 5.69 Å². The molecule has 0 aliphatic rings. The van der Waals surface area contributed by atoms with Gasteiger partial charge in [0.25, 0.3) is 0 Å². The molecule has 1 aromatic rings. The van der Waals surface area contributed by atoms with Gasteiger partial charge in [-0.2, -0.15) is 0 Å². The van der Waals surface area contributed by atoms with Crippen molar-refractivity contribution in [2.75, 3.05) is 5.32 Å². The highest BCUT2D eigenvalue weighted by atomic mass is 35.5. The molecule has 1 aromatic carbocycles. The first-order chi connectivity index (χ1) is 6.18. The monoisotopic (exact) mass is 213 g/mol. The van der Waals surface area contributed by atoms with E-state index in [4.69, 9.17) is 11.1 Å². The van der Waals surface area contributed by atoms with Crippen molar-refractivity contribution < 1.29 is 4.79 Å². The van der Waals surface area contributed by atoms with Gasteiger partial charge in [-0.05, 0) is 12.1 Å². The third kappa shape index (κ3) is 4.47. The molecule has 4 N–H and O–H groups in total. The summed E-state index contributed by atoms with van der Waals surface area (Å²) < 4.78 is 0. The van der Waals surface area contributed by atoms with Gasteiger partial charge in [0, 0.05) is 5.69 Å². The SMILES string of the molecule is Cl.N=C(N)CC(=O)Nc1ccccc1. The van der Waals surface area contributed by atoms with Crippen molar-refractivity contribution in [2.24, 2.45) is 5.73 Å². The predicted octanol–water partition coefficient (Wildman–Crippen LogP) is 1.37. The molecule has 76 valence electrons. The first-order valence-electron chi connectivity index (χ1n) is 3.86. The highest BCUT2D eigenvalue weighted by molar-refractivity contribution is 6.03. The number of hydrogen-bond donors (Lipinski definition) is 3. The lowest BCUT2D eigenvalue weighted by Crippen LogP contribution is -2.20. The van der Waals surface area contributed by atoms with Crippen LogP contribution in [0.15, 0.2) is 30.3 Å². The van der Waals surface area contributed by atoms with Crippen LogP contribution in [-0.2, 0) is 4.79 Å². The number of amidine groups is 1. The molecule has 0 spiro atoms. The molecule has 0 saturated carbocycles. The average molecular weight is 214 g/mol. The highest BCUT2D eigenvalue weighted by Gasteiger charge is 2.02. The number of hydrogen-bond acceptors (Lipinski definition) is 2. The second-order valence-corrected chi connectivity index (χ2v) is 2.62. The van der Waals surface area contributed by atoms with E-state index in [-0.39, 0.29) is 30.6 Å². The van der Waals surface area contributed by atoms with Gasteiger partial charge in [0.1, 0.15) is 5.84 Å². The van der Waals surface area contributed by atoms with E-state index in [0.29, 0.717) is 5.69 Å². The first kappa shape index (κ1) is 12.4. The number of amides is 1. The number of carbonyl (C=O) groups excluding carboxylic acids is 1. The van der Waals surface area contributed by atoms with E-state index in [1.165, 1.54) is 0 Å². The smallest absolute Gasteiger partial charge is 0.231 e. The summed E-state index contributed by atoms with van der Waals surface area (Å²) in [5.41, 5.74) is 5.79. The Kier molecular flexibility index (Phi) is 5.33. The van der Waals surface area contributed by atoms with Crippen LogP contribution in [0.25, 0.3) is 0 Å². The molecule has 0 fully saturated rings. The number of anilines is 1. The average Bonchev–Trinajstić information content (AvgIpc) is 2.04. The predicted molar refractivity (Wildman–Crippen MR) is 58.9 cm³/mol. The standard InChI is InChI=1S/C9H11N3O.ClH/c10-8(11)6-9(13)12-7-4-2-1-3-5-7;/h1-5H,6H2,(H3,10,11)(H,12,13);1H. The Bertz CT molecular complexity index is 313. The van der Waals surface area contributed by atoms with Crippen molar-refractivity contribution in [3.05, 3.63) is 30.3 Å². The molecular formula is C9H12ClN3O. The molecule has 0 radical (unpaired) electrons. The van der Waals surface area contributed by atoms with Gasteiger partial charge in [-0.25, -0.2) is 0 Å². The molecule has 0 atom stereocenters. The molecule has 0 aliphatic heterocycles. The fourth-order valence-electron chi connectivity index (χ4n) is 0.900. The van der Waals surface area contributed by atoms with Crippen molar-refractivity contribution in [1.82, 2.24) is 0 Å². The van der Waals surface area contributed by atoms with Gasteiger partial charge >= 0.3 is 0 Å². The molecule has 0 aromatic heterocycles. The van der Waals surface area contributed by atoms with E-state index in [1.807, 2.05) is 18.2 Å². The lowest BCUT2D eigenvalue weighted by molar-refractivity contribution is -0.115. The van der Waals surface area contributed by atoms with Crippen LogP contribution in [0.3, 0.4) is 0 Å². The Morgan fingerprint density at radius 2 is 1.93 bits per heavy atom. The zero-order valence-electron chi connectivity index (χ0n) is 7.49. The summed E-state index contributed by atoms with van der Waals surface area (Å²) in [6, 6.07) is 9.06. The van der Waals surface area contributed by atoms with Gasteiger partial charge in [0.15, 0.2) is 0 Å². The summed E-state index contributed by atoms with van der Waals surface area (Å²) in [6.07, 6.45) is -0.0606. The number of para-hydroxylation sites is 1. The Balaban J connectivity index is 0.00000169. The molecule has 0 bridgehead atoms. The van der Waals surface area contributed by atoms with Crippen molar-refractivity contribution >= 4 is 29.8 Å². The van der Waals surface area contributed by atoms with Gasteiger partial charge < -0.3 is 11.1 Å². The lowest BCUT2D eigenvalue weighted by Gasteiger charge is -2.02. The molecular weight excluding hydrogens is 202 g/mol. The molecule has 0 aliphatic carbocycles. The zero-order valence-corrected chi connectivity index (χ0v) is 8.30. The Morgan fingerprint density at radius 3 is 2.43 bits per heavy atom. The molecule has 14 heavy (non-hydrogen) atoms. The number of benzene rings is 1. The minimum absolute atomic E-state index is 0. The lowest BCUT2D eigenvalue weighted by atomic mass is 10.3. The van der Waals surface area contributed by atoms with Crippen LogP contribution in [0.5, 0.6) is 0 Å². The molecule has 1 rings (SSSR count). The van der Waals surface area contributed by atoms with Crippen LogP contribution in [0, 0.1) is 5.41 Å². The second-order valence-electron chi connectivity index (χ2n) is 2.62. The van der Waals surface area contributed by atoms with Gasteiger partial charge in [-0.15, -0.1) is 12.4 Å². The number of nitrogens with one attached hydrogen (secondary N) is 2. The summed E-state index contributed by atoms with van der Waals surface area (Å²) in [6.45, 7) is 0. The minimum atomic E-state index is -0.265. The molecule has 0 heterocycles. The van der Waals surface area contributed by atoms with Crippen molar-refractivity contribution in [3.63, 3.8) is 0 Å². The molecule has 0 saturated heterocycles. The van der Waals surface area contributed by atoms with Crippen molar-refractivity contribution in [2.45, 2.75) is 6.42 Å². The Morgan fingerprint density at radius 1 is 1.36 bits per heavy atom. The summed E-state index contributed by atoms with van der Waals surface area (Å²) in [5, 5.41) is 9.52. The summed E-state index contributed by atoms with van der Waals surface area (Å²) in [4.78, 5) is 11.1. The van der Waals surface area contributed by atoms with Crippen molar-refractivity contribution in [1.29, 1.82) is 5.41 Å². The minimum Gasteiger partial charge on any atom is -0.387 e. The van der Waals surface area contributed by atoms with Gasteiger partial charge in [0.05, 0.1) is 6.42 Å². The maximum Gasteiger partial charge on any atom is 0.231 e. The van der Waals surface area contributed by atoms with Crippen molar-refractivity contribution in [3.8, 4) is 0 Å². The largest absolute Gasteiger partial charge is 0.387 e. The van der Waals surface area contributed by atoms with Crippen LogP contribution >= 0.6 is 12.4 Å². The Labute approximate surface area is 88.4 Å². The number of halogens is 1. The van der Waals surface area contributed by atoms with Gasteiger partial charge in [0.2, 0.25) is 5.91 Å². The molecule has 0 unspecified atom stereocenters. The summed E-state index contributed by atoms with van der Waals surface area (Å²) >= 11 is 0. The van der Waals surface area contributed by atoms with E-state index in [9.17, 15) is 4.79 Å². The maximum atomic E-state index is 11.1. The third-order valence-electron chi connectivity index (χ3n) is 1.41. The number of rotatable bonds is 3. The zero-order chi connectivity index (χ0) is 9.68. The molecule has 4 nitrogen and oxygen atoms in total. The van der Waals surface area contributed by atoms with Crippen LogP contribution in [-0.4, -0.2) is 11.7 Å². The fraction of sp³-hybridized carbons (Fsp3) is 0.111. The first-order valence-corrected chi connectivity index (χ1v) is 3.86. The second kappa shape index (κ2) is 5.99. The van der Waals surface area contributed by atoms with Gasteiger partial charge in [-0.3, -0.25) is 10.2 Å². The van der Waals surface area contributed by atoms with E-state index >= 15 is 0 Å². The van der Waals surface area contributed by atoms with Crippen LogP contribution in [0.1, 0.15) is 6.42 Å². The fourth-order valence-corrected chi connectivity index (χ4v) is 0.900. The van der Waals surface area contributed by atoms with E-state index in [0.717, 1.165) is 0 Å². The summed E-state index contributed by atoms with van der Waals surface area (Å²) in [7, 11) is 0. The topological polar surface area (TPSA) is 79.0 Å². The van der Waals surface area contributed by atoms with Crippen LogP contribution in [0.2, 0.25) is 0 Å². The van der Waals surface area contributed by atoms with Gasteiger partial charge in [-0.1, -0.05) is 18.2 Å². The number of carbonyl (C=O) groups is 1. The Hall–Kier alpha value is -1.55. The molecule has 1 amide bonds. The normalized spacial score (nSPS) is 8.57. The highest BCUT2D eigenvalue weighted by Crippen LogP contribution is 2.04. The van der Waals surface area contributed by atoms with E-state index < -0.39 is 0 Å².